The summed E-state index contributed by atoms with van der Waals surface area (Å²) in [6, 6.07) is 3.91. The monoisotopic (exact) mass is 225 g/mol. The highest BCUT2D eigenvalue weighted by Gasteiger charge is 2.71. The van der Waals surface area contributed by atoms with Crippen molar-refractivity contribution in [3.05, 3.63) is 34.4 Å². The molecule has 0 aromatic heterocycles. The third-order valence-corrected chi connectivity index (χ3v) is 3.60. The summed E-state index contributed by atoms with van der Waals surface area (Å²) in [7, 11) is 0. The van der Waals surface area contributed by atoms with Gasteiger partial charge in [0.1, 0.15) is 0 Å². The molecule has 16 heavy (non-hydrogen) atoms. The van der Waals surface area contributed by atoms with Gasteiger partial charge in [0.2, 0.25) is 0 Å². The summed E-state index contributed by atoms with van der Waals surface area (Å²) < 4.78 is 27.0. The van der Waals surface area contributed by atoms with Crippen molar-refractivity contribution in [2.75, 3.05) is 6.54 Å². The van der Waals surface area contributed by atoms with Crippen LogP contribution in [-0.4, -0.2) is 12.5 Å². The van der Waals surface area contributed by atoms with E-state index >= 15 is 0 Å². The first-order chi connectivity index (χ1) is 7.34. The van der Waals surface area contributed by atoms with Crippen LogP contribution in [0.3, 0.4) is 0 Å². The van der Waals surface area contributed by atoms with Crippen molar-refractivity contribution in [1.29, 1.82) is 0 Å². The van der Waals surface area contributed by atoms with Gasteiger partial charge >= 0.3 is 0 Å². The molecule has 1 fully saturated rings. The molecule has 2 rings (SSSR count). The minimum absolute atomic E-state index is 0.0186. The molecule has 0 saturated heterocycles. The fourth-order valence-electron chi connectivity index (χ4n) is 2.86. The van der Waals surface area contributed by atoms with Crippen molar-refractivity contribution in [1.82, 2.24) is 0 Å². The predicted octanol–water partition coefficient (Wildman–Crippen LogP) is 2.85. The Morgan fingerprint density at radius 3 is 1.94 bits per heavy atom. The minimum atomic E-state index is -2.63. The predicted molar refractivity (Wildman–Crippen MR) is 60.9 cm³/mol. The number of hydrogen-bond donors (Lipinski definition) is 1. The van der Waals surface area contributed by atoms with E-state index in [2.05, 4.69) is 0 Å². The van der Waals surface area contributed by atoms with Crippen LogP contribution in [0.5, 0.6) is 0 Å². The van der Waals surface area contributed by atoms with Gasteiger partial charge in [0, 0.05) is 13.0 Å². The highest BCUT2D eigenvalue weighted by molar-refractivity contribution is 5.49. The molecule has 0 radical (unpaired) electrons. The van der Waals surface area contributed by atoms with Gasteiger partial charge in [-0.3, -0.25) is 0 Å². The van der Waals surface area contributed by atoms with Gasteiger partial charge in [0.15, 0.2) is 0 Å². The van der Waals surface area contributed by atoms with Crippen LogP contribution in [0, 0.1) is 20.8 Å². The molecular formula is C13H17F2N. The normalized spacial score (nSPS) is 26.9. The maximum Gasteiger partial charge on any atom is 0.260 e. The van der Waals surface area contributed by atoms with Gasteiger partial charge in [0.05, 0.1) is 5.41 Å². The van der Waals surface area contributed by atoms with Crippen LogP contribution in [0.15, 0.2) is 12.1 Å². The Bertz CT molecular complexity index is 417. The Hall–Kier alpha value is -0.960. The molecule has 3 heteroatoms. The van der Waals surface area contributed by atoms with Crippen LogP contribution in [0.25, 0.3) is 0 Å². The second-order valence-electron chi connectivity index (χ2n) is 4.94. The minimum Gasteiger partial charge on any atom is -0.329 e. The molecule has 0 spiro atoms. The first-order valence-electron chi connectivity index (χ1n) is 5.50. The topological polar surface area (TPSA) is 26.0 Å². The molecule has 1 nitrogen and oxygen atoms in total. The second kappa shape index (κ2) is 3.27. The van der Waals surface area contributed by atoms with Crippen molar-refractivity contribution in [2.24, 2.45) is 5.73 Å². The van der Waals surface area contributed by atoms with E-state index in [-0.39, 0.29) is 13.0 Å². The maximum absolute atomic E-state index is 13.5. The summed E-state index contributed by atoms with van der Waals surface area (Å²) in [5.74, 6) is -2.63. The Morgan fingerprint density at radius 1 is 1.19 bits per heavy atom. The summed E-state index contributed by atoms with van der Waals surface area (Å²) in [5, 5.41) is 0. The second-order valence-corrected chi connectivity index (χ2v) is 4.94. The third kappa shape index (κ3) is 1.38. The number of aryl methyl sites for hydroxylation is 3. The van der Waals surface area contributed by atoms with E-state index in [1.54, 1.807) is 0 Å². The smallest absolute Gasteiger partial charge is 0.260 e. The largest absolute Gasteiger partial charge is 0.329 e. The molecule has 0 aliphatic heterocycles. The molecular weight excluding hydrogens is 208 g/mol. The lowest BCUT2D eigenvalue weighted by molar-refractivity contribution is 0.0893. The first kappa shape index (κ1) is 11.5. The fraction of sp³-hybridized carbons (Fsp3) is 0.538. The van der Waals surface area contributed by atoms with Crippen molar-refractivity contribution in [3.8, 4) is 0 Å². The molecule has 1 aromatic rings. The van der Waals surface area contributed by atoms with Crippen LogP contribution in [0.4, 0.5) is 8.78 Å². The Morgan fingerprint density at radius 2 is 1.62 bits per heavy atom. The number of nitrogens with two attached hydrogens (primary N) is 1. The van der Waals surface area contributed by atoms with Crippen LogP contribution < -0.4 is 5.73 Å². The Labute approximate surface area is 94.7 Å². The highest BCUT2D eigenvalue weighted by atomic mass is 19.3. The molecule has 1 saturated carbocycles. The van der Waals surface area contributed by atoms with E-state index in [1.807, 2.05) is 32.9 Å². The highest BCUT2D eigenvalue weighted by Crippen LogP contribution is 2.62. The van der Waals surface area contributed by atoms with Crippen molar-refractivity contribution < 1.29 is 8.78 Å². The van der Waals surface area contributed by atoms with Gasteiger partial charge in [-0.15, -0.1) is 0 Å². The van der Waals surface area contributed by atoms with Gasteiger partial charge in [-0.05, 0) is 37.5 Å². The zero-order chi connectivity index (χ0) is 12.1. The first-order valence-corrected chi connectivity index (χ1v) is 5.50. The average molecular weight is 225 g/mol. The summed E-state index contributed by atoms with van der Waals surface area (Å²) in [6.45, 7) is 5.77. The molecule has 0 heterocycles. The average Bonchev–Trinajstić information content (AvgIpc) is 2.67. The summed E-state index contributed by atoms with van der Waals surface area (Å²) in [4.78, 5) is 0. The number of rotatable bonds is 2. The Balaban J connectivity index is 2.58. The molecule has 2 N–H and O–H groups in total. The molecule has 1 aromatic carbocycles. The van der Waals surface area contributed by atoms with Gasteiger partial charge in [-0.2, -0.15) is 0 Å². The van der Waals surface area contributed by atoms with E-state index in [9.17, 15) is 8.78 Å². The van der Waals surface area contributed by atoms with Gasteiger partial charge in [-0.25, -0.2) is 8.78 Å². The van der Waals surface area contributed by atoms with Crippen molar-refractivity contribution in [3.63, 3.8) is 0 Å². The SMILES string of the molecule is Cc1cc(C)c(C2(CN)CC2(F)F)c(C)c1. The number of hydrogen-bond acceptors (Lipinski definition) is 1. The van der Waals surface area contributed by atoms with Crippen molar-refractivity contribution in [2.45, 2.75) is 38.5 Å². The third-order valence-electron chi connectivity index (χ3n) is 3.60. The Kier molecular flexibility index (Phi) is 2.35. The molecule has 1 aliphatic carbocycles. The molecule has 1 atom stereocenters. The van der Waals surface area contributed by atoms with E-state index in [0.29, 0.717) is 0 Å². The van der Waals surface area contributed by atoms with Crippen molar-refractivity contribution >= 4 is 0 Å². The zero-order valence-electron chi connectivity index (χ0n) is 9.90. The van der Waals surface area contributed by atoms with Gasteiger partial charge in [0.25, 0.3) is 5.92 Å². The summed E-state index contributed by atoms with van der Waals surface area (Å²) >= 11 is 0. The lowest BCUT2D eigenvalue weighted by Gasteiger charge is -2.20. The maximum atomic E-state index is 13.5. The molecule has 88 valence electrons. The summed E-state index contributed by atoms with van der Waals surface area (Å²) in [6.07, 6.45) is -0.110. The van der Waals surface area contributed by atoms with E-state index < -0.39 is 11.3 Å². The number of alkyl halides is 2. The van der Waals surface area contributed by atoms with Gasteiger partial charge < -0.3 is 5.73 Å². The number of benzene rings is 1. The lowest BCUT2D eigenvalue weighted by Crippen LogP contribution is -2.28. The molecule has 0 amide bonds. The fourth-order valence-corrected chi connectivity index (χ4v) is 2.86. The number of halogens is 2. The van der Waals surface area contributed by atoms with Crippen LogP contribution in [0.1, 0.15) is 28.7 Å². The van der Waals surface area contributed by atoms with Crippen LogP contribution >= 0.6 is 0 Å². The lowest BCUT2D eigenvalue weighted by atomic mass is 9.86. The summed E-state index contributed by atoms with van der Waals surface area (Å²) in [5.41, 5.74) is 8.19. The van der Waals surface area contributed by atoms with Crippen LogP contribution in [0.2, 0.25) is 0 Å². The molecule has 1 aliphatic rings. The quantitative estimate of drug-likeness (QED) is 0.823. The van der Waals surface area contributed by atoms with E-state index in [0.717, 1.165) is 22.3 Å². The zero-order valence-corrected chi connectivity index (χ0v) is 9.90. The molecule has 1 unspecified atom stereocenters. The van der Waals surface area contributed by atoms with Gasteiger partial charge in [-0.1, -0.05) is 17.7 Å². The standard InChI is InChI=1S/C13H17F2N/c1-8-4-9(2)11(10(3)5-8)12(7-16)6-13(12,14)15/h4-5H,6-7,16H2,1-3H3. The van der Waals surface area contributed by atoms with E-state index in [1.165, 1.54) is 0 Å². The van der Waals surface area contributed by atoms with Crippen LogP contribution in [-0.2, 0) is 5.41 Å². The van der Waals surface area contributed by atoms with E-state index in [4.69, 9.17) is 5.73 Å². The molecule has 0 bridgehead atoms.